The van der Waals surface area contributed by atoms with Crippen LogP contribution in [0.4, 0.5) is 0 Å². The molecule has 0 aliphatic carbocycles. The van der Waals surface area contributed by atoms with E-state index in [1.54, 1.807) is 0 Å². The molecule has 23 heavy (non-hydrogen) atoms. The lowest BCUT2D eigenvalue weighted by Gasteiger charge is -2.01. The number of fused-ring (bicyclic) bond motifs is 1. The summed E-state index contributed by atoms with van der Waals surface area (Å²) in [4.78, 5) is 15.8. The SMILES string of the molecule is C=C[CH-]C#CC#COC(=O)/C=C/c1cc2ccccc2nc1Cl. The fraction of sp³-hybridized carbons (Fsp3) is 0. The summed E-state index contributed by atoms with van der Waals surface area (Å²) in [6.45, 7) is 3.47. The predicted octanol–water partition coefficient (Wildman–Crippen LogP) is 3.80. The minimum Gasteiger partial charge on any atom is -0.369 e. The van der Waals surface area contributed by atoms with Crippen molar-refractivity contribution < 1.29 is 9.53 Å². The van der Waals surface area contributed by atoms with Crippen molar-refractivity contribution in [2.24, 2.45) is 0 Å². The van der Waals surface area contributed by atoms with Crippen molar-refractivity contribution in [3.05, 3.63) is 66.2 Å². The first-order valence-electron chi connectivity index (χ1n) is 6.59. The van der Waals surface area contributed by atoms with Crippen molar-refractivity contribution in [2.45, 2.75) is 0 Å². The van der Waals surface area contributed by atoms with Gasteiger partial charge in [-0.1, -0.05) is 35.7 Å². The Morgan fingerprint density at radius 2 is 2.17 bits per heavy atom. The number of pyridine rings is 1. The van der Waals surface area contributed by atoms with Crippen LogP contribution >= 0.6 is 11.6 Å². The summed E-state index contributed by atoms with van der Waals surface area (Å²) < 4.78 is 4.68. The van der Waals surface area contributed by atoms with Gasteiger partial charge in [0.1, 0.15) is 11.3 Å². The molecule has 0 aliphatic heterocycles. The summed E-state index contributed by atoms with van der Waals surface area (Å²) in [7, 11) is 0. The molecule has 1 aromatic carbocycles. The van der Waals surface area contributed by atoms with Gasteiger partial charge in [0.25, 0.3) is 0 Å². The van der Waals surface area contributed by atoms with E-state index in [0.29, 0.717) is 10.7 Å². The molecule has 0 saturated carbocycles. The van der Waals surface area contributed by atoms with Crippen molar-refractivity contribution in [2.75, 3.05) is 0 Å². The molecule has 0 spiro atoms. The quantitative estimate of drug-likeness (QED) is 0.284. The van der Waals surface area contributed by atoms with E-state index >= 15 is 0 Å². The van der Waals surface area contributed by atoms with E-state index in [1.807, 2.05) is 30.3 Å². The summed E-state index contributed by atoms with van der Waals surface area (Å²) in [6, 6.07) is 9.41. The van der Waals surface area contributed by atoms with E-state index in [-0.39, 0.29) is 0 Å². The van der Waals surface area contributed by atoms with Gasteiger partial charge in [-0.3, -0.25) is 0 Å². The average Bonchev–Trinajstić information content (AvgIpc) is 2.56. The monoisotopic (exact) mass is 320 g/mol. The molecule has 1 heterocycles. The molecule has 0 unspecified atom stereocenters. The second-order valence-electron chi connectivity index (χ2n) is 4.21. The van der Waals surface area contributed by atoms with Gasteiger partial charge in [-0.15, -0.1) is 6.42 Å². The van der Waals surface area contributed by atoms with Crippen LogP contribution in [0.3, 0.4) is 0 Å². The maximum absolute atomic E-state index is 11.5. The molecule has 0 aliphatic rings. The molecule has 0 N–H and O–H groups in total. The number of para-hydroxylation sites is 1. The van der Waals surface area contributed by atoms with Crippen molar-refractivity contribution in [3.63, 3.8) is 0 Å². The van der Waals surface area contributed by atoms with Crippen molar-refractivity contribution >= 4 is 34.5 Å². The van der Waals surface area contributed by atoms with E-state index in [4.69, 9.17) is 11.6 Å². The summed E-state index contributed by atoms with van der Waals surface area (Å²) in [5.41, 5.74) is 1.41. The van der Waals surface area contributed by atoms with Crippen LogP contribution < -0.4 is 0 Å². The zero-order valence-electron chi connectivity index (χ0n) is 12.0. The largest absolute Gasteiger partial charge is 0.369 e. The number of ether oxygens (including phenoxy) is 1. The molecular weight excluding hydrogens is 310 g/mol. The first kappa shape index (κ1) is 16.2. The number of esters is 1. The number of carbonyl (C=O) groups excluding carboxylic acids is 1. The summed E-state index contributed by atoms with van der Waals surface area (Å²) >= 11 is 6.09. The van der Waals surface area contributed by atoms with Crippen LogP contribution in [0.15, 0.2) is 49.1 Å². The molecule has 0 atom stereocenters. The van der Waals surface area contributed by atoms with Gasteiger partial charge in [0.05, 0.1) is 5.52 Å². The second-order valence-corrected chi connectivity index (χ2v) is 4.57. The highest BCUT2D eigenvalue weighted by molar-refractivity contribution is 6.31. The summed E-state index contributed by atoms with van der Waals surface area (Å²) in [5, 5.41) is 1.24. The minimum absolute atomic E-state index is 0.310. The Balaban J connectivity index is 2.05. The van der Waals surface area contributed by atoms with Crippen LogP contribution in [0.25, 0.3) is 17.0 Å². The molecule has 0 bridgehead atoms. The van der Waals surface area contributed by atoms with Crippen LogP contribution in [0.2, 0.25) is 5.15 Å². The van der Waals surface area contributed by atoms with E-state index in [0.717, 1.165) is 10.9 Å². The van der Waals surface area contributed by atoms with Crippen LogP contribution in [-0.2, 0) is 9.53 Å². The first-order valence-corrected chi connectivity index (χ1v) is 6.97. The van der Waals surface area contributed by atoms with Gasteiger partial charge in [0.15, 0.2) is 0 Å². The lowest BCUT2D eigenvalue weighted by Crippen LogP contribution is -1.94. The van der Waals surface area contributed by atoms with Gasteiger partial charge in [-0.25, -0.2) is 15.7 Å². The standard InChI is InChI=1S/C19H11ClNO2/c1-2-3-4-5-8-13-23-18(22)12-11-16-14-15-9-6-7-10-17(15)21-19(16)20/h2-3,6-7,9-12,14H,1H2/q-1/b12-11+. The van der Waals surface area contributed by atoms with Gasteiger partial charge >= 0.3 is 5.97 Å². The Labute approximate surface area is 139 Å². The fourth-order valence-electron chi connectivity index (χ4n) is 1.66. The number of nitrogens with zero attached hydrogens (tertiary/aromatic N) is 1. The third kappa shape index (κ3) is 4.97. The number of rotatable bonds is 3. The number of carbonyl (C=O) groups is 1. The normalized spacial score (nSPS) is 9.43. The predicted molar refractivity (Wildman–Crippen MR) is 91.9 cm³/mol. The maximum Gasteiger partial charge on any atom is 0.344 e. The van der Waals surface area contributed by atoms with Crippen LogP contribution in [0, 0.1) is 30.3 Å². The molecule has 2 aromatic rings. The highest BCUT2D eigenvalue weighted by Gasteiger charge is 2.03. The van der Waals surface area contributed by atoms with Gasteiger partial charge in [0, 0.05) is 17.0 Å². The van der Waals surface area contributed by atoms with Crippen LogP contribution in [0.1, 0.15) is 5.56 Å². The number of halogens is 1. The van der Waals surface area contributed by atoms with Gasteiger partial charge < -0.3 is 4.74 Å². The van der Waals surface area contributed by atoms with Gasteiger partial charge in [-0.05, 0) is 18.2 Å². The average molecular weight is 321 g/mol. The zero-order chi connectivity index (χ0) is 16.5. The molecule has 3 nitrogen and oxygen atoms in total. The molecular formula is C19H11ClNO2-. The van der Waals surface area contributed by atoms with E-state index in [1.165, 1.54) is 24.6 Å². The highest BCUT2D eigenvalue weighted by Crippen LogP contribution is 2.21. The Morgan fingerprint density at radius 1 is 1.35 bits per heavy atom. The third-order valence-corrected chi connectivity index (χ3v) is 2.94. The topological polar surface area (TPSA) is 39.2 Å². The Kier molecular flexibility index (Phi) is 5.89. The van der Waals surface area contributed by atoms with Gasteiger partial charge in [0.2, 0.25) is 0 Å². The summed E-state index contributed by atoms with van der Waals surface area (Å²) in [5.74, 6) is 6.83. The number of hydrogen-bond acceptors (Lipinski definition) is 3. The zero-order valence-corrected chi connectivity index (χ0v) is 12.8. The first-order chi connectivity index (χ1) is 11.2. The van der Waals surface area contributed by atoms with Crippen LogP contribution in [-0.4, -0.2) is 11.0 Å². The Hall–Kier alpha value is -3.14. The molecule has 1 aromatic heterocycles. The minimum atomic E-state index is -0.615. The lowest BCUT2D eigenvalue weighted by molar-refractivity contribution is -0.131. The number of aromatic nitrogens is 1. The molecule has 4 heteroatoms. The Bertz CT molecular complexity index is 892. The van der Waals surface area contributed by atoms with Crippen LogP contribution in [0.5, 0.6) is 0 Å². The third-order valence-electron chi connectivity index (χ3n) is 2.64. The van der Waals surface area contributed by atoms with Crippen molar-refractivity contribution in [1.29, 1.82) is 0 Å². The maximum atomic E-state index is 11.5. The van der Waals surface area contributed by atoms with Crippen molar-refractivity contribution in [1.82, 2.24) is 4.98 Å². The van der Waals surface area contributed by atoms with Gasteiger partial charge in [-0.2, -0.15) is 18.6 Å². The van der Waals surface area contributed by atoms with E-state index in [2.05, 4.69) is 40.2 Å². The summed E-state index contributed by atoms with van der Waals surface area (Å²) in [6.07, 6.45) is 8.03. The molecule has 0 amide bonds. The molecule has 0 radical (unpaired) electrons. The highest BCUT2D eigenvalue weighted by atomic mass is 35.5. The molecule has 0 fully saturated rings. The van der Waals surface area contributed by atoms with Crippen molar-refractivity contribution in [3.8, 4) is 23.9 Å². The smallest absolute Gasteiger partial charge is 0.344 e. The molecule has 2 rings (SSSR count). The number of benzene rings is 1. The molecule has 112 valence electrons. The lowest BCUT2D eigenvalue weighted by atomic mass is 10.1. The Morgan fingerprint density at radius 3 is 3.00 bits per heavy atom. The fourth-order valence-corrected chi connectivity index (χ4v) is 1.86. The van der Waals surface area contributed by atoms with E-state index < -0.39 is 5.97 Å². The number of hydrogen-bond donors (Lipinski definition) is 0. The van der Waals surface area contributed by atoms with E-state index in [9.17, 15) is 4.79 Å². The second kappa shape index (κ2) is 8.34. The molecule has 0 saturated heterocycles. The number of allylic oxidation sites excluding steroid dienone is 1.